The molecule has 0 aliphatic carbocycles. The van der Waals surface area contributed by atoms with E-state index in [1.165, 1.54) is 0 Å². The summed E-state index contributed by atoms with van der Waals surface area (Å²) in [4.78, 5) is 17.2. The second kappa shape index (κ2) is 10.6. The molecule has 29 heavy (non-hydrogen) atoms. The van der Waals surface area contributed by atoms with E-state index < -0.39 is 5.41 Å². The Hall–Kier alpha value is -2.86. The average molecular weight is 399 g/mol. The van der Waals surface area contributed by atoms with Crippen LogP contribution < -0.4 is 10.1 Å². The number of nitrogens with zero attached hydrogens (tertiary/aromatic N) is 1. The molecule has 0 saturated heterocycles. The van der Waals surface area contributed by atoms with Crippen molar-refractivity contribution in [2.75, 3.05) is 18.5 Å². The van der Waals surface area contributed by atoms with Crippen LogP contribution in [0.4, 0.5) is 5.69 Å². The van der Waals surface area contributed by atoms with Crippen molar-refractivity contribution in [3.05, 3.63) is 59.7 Å². The van der Waals surface area contributed by atoms with Crippen LogP contribution in [-0.4, -0.2) is 30.0 Å². The van der Waals surface area contributed by atoms with Crippen LogP contribution in [0.1, 0.15) is 45.2 Å². The van der Waals surface area contributed by atoms with Gasteiger partial charge in [-0.25, -0.2) is 0 Å². The molecule has 0 spiro atoms. The molecule has 156 valence electrons. The number of benzene rings is 2. The monoisotopic (exact) mass is 398 g/mol. The molecule has 6 heteroatoms. The molecule has 2 rings (SSSR count). The van der Waals surface area contributed by atoms with Gasteiger partial charge in [-0.05, 0) is 51.5 Å². The number of rotatable bonds is 9. The van der Waals surface area contributed by atoms with Crippen LogP contribution in [0.25, 0.3) is 0 Å². The highest BCUT2D eigenvalue weighted by molar-refractivity contribution is 6.03. The molecule has 0 atom stereocenters. The van der Waals surface area contributed by atoms with Crippen LogP contribution in [0, 0.1) is 5.41 Å². The van der Waals surface area contributed by atoms with Crippen molar-refractivity contribution >= 4 is 17.4 Å². The zero-order valence-electron chi connectivity index (χ0n) is 17.6. The fraction of sp³-hybridized carbons (Fsp3) is 0.391. The maximum Gasteiger partial charge on any atom is 0.316 e. The molecule has 0 saturated carbocycles. The Balaban J connectivity index is 1.99. The zero-order valence-corrected chi connectivity index (χ0v) is 17.6. The third-order valence-corrected chi connectivity index (χ3v) is 4.14. The first-order valence-electron chi connectivity index (χ1n) is 9.73. The number of nitrogens with one attached hydrogen (secondary N) is 1. The molecule has 2 aromatic rings. The summed E-state index contributed by atoms with van der Waals surface area (Å²) in [6.45, 7) is 8.45. The van der Waals surface area contributed by atoms with Crippen LogP contribution in [0.3, 0.4) is 0 Å². The van der Waals surface area contributed by atoms with Crippen LogP contribution in [-0.2, 0) is 16.2 Å². The van der Waals surface area contributed by atoms with Crippen molar-refractivity contribution in [1.29, 1.82) is 0 Å². The Kier molecular flexibility index (Phi) is 8.21. The van der Waals surface area contributed by atoms with E-state index in [-0.39, 0.29) is 12.6 Å². The van der Waals surface area contributed by atoms with E-state index in [1.807, 2.05) is 64.1 Å². The largest absolute Gasteiger partial charge is 0.426 e. The quantitative estimate of drug-likeness (QED) is 0.215. The van der Waals surface area contributed by atoms with Gasteiger partial charge < -0.3 is 20.0 Å². The number of esters is 1. The van der Waals surface area contributed by atoms with Gasteiger partial charge in [0.2, 0.25) is 0 Å². The van der Waals surface area contributed by atoms with E-state index >= 15 is 0 Å². The maximum atomic E-state index is 12.0. The third-order valence-electron chi connectivity index (χ3n) is 4.14. The average Bonchev–Trinajstić information content (AvgIpc) is 2.70. The summed E-state index contributed by atoms with van der Waals surface area (Å²) in [6, 6.07) is 15.3. The smallest absolute Gasteiger partial charge is 0.316 e. The van der Waals surface area contributed by atoms with Gasteiger partial charge in [-0.3, -0.25) is 4.79 Å². The summed E-state index contributed by atoms with van der Waals surface area (Å²) < 4.78 is 5.40. The maximum absolute atomic E-state index is 12.0. The molecule has 6 nitrogen and oxygen atoms in total. The fourth-order valence-corrected chi connectivity index (χ4v) is 2.41. The van der Waals surface area contributed by atoms with E-state index in [9.17, 15) is 4.79 Å². The third kappa shape index (κ3) is 7.23. The van der Waals surface area contributed by atoms with Crippen LogP contribution >= 0.6 is 0 Å². The number of carbonyl (C=O) groups excluding carboxylic acids is 1. The number of ether oxygens (including phenoxy) is 1. The Labute approximate surface area is 172 Å². The second-order valence-corrected chi connectivity index (χ2v) is 7.77. The van der Waals surface area contributed by atoms with Crippen LogP contribution in [0.2, 0.25) is 0 Å². The molecule has 0 fully saturated rings. The summed E-state index contributed by atoms with van der Waals surface area (Å²) in [5.41, 5.74) is 3.18. The number of anilines is 1. The molecule has 0 amide bonds. The van der Waals surface area contributed by atoms with Crippen LogP contribution in [0.5, 0.6) is 5.75 Å². The molecule has 0 bridgehead atoms. The molecule has 0 aliphatic heterocycles. The van der Waals surface area contributed by atoms with Crippen molar-refractivity contribution in [3.8, 4) is 5.75 Å². The van der Waals surface area contributed by atoms with Gasteiger partial charge in [-0.1, -0.05) is 35.5 Å². The lowest BCUT2D eigenvalue weighted by molar-refractivity contribution is -0.142. The van der Waals surface area contributed by atoms with Crippen LogP contribution in [0.15, 0.2) is 53.7 Å². The number of carbonyl (C=O) groups is 1. The molecule has 2 N–H and O–H groups in total. The molecule has 0 unspecified atom stereocenters. The minimum Gasteiger partial charge on any atom is -0.426 e. The Morgan fingerprint density at radius 2 is 1.79 bits per heavy atom. The lowest BCUT2D eigenvalue weighted by Gasteiger charge is -2.16. The Morgan fingerprint density at radius 3 is 2.45 bits per heavy atom. The van der Waals surface area contributed by atoms with Gasteiger partial charge in [0.1, 0.15) is 12.4 Å². The van der Waals surface area contributed by atoms with Gasteiger partial charge in [-0.2, -0.15) is 0 Å². The minimum atomic E-state index is -0.537. The number of oxime groups is 1. The summed E-state index contributed by atoms with van der Waals surface area (Å²) >= 11 is 0. The Bertz CT molecular complexity index is 824. The summed E-state index contributed by atoms with van der Waals surface area (Å²) in [5, 5.41) is 16.3. The van der Waals surface area contributed by atoms with E-state index in [2.05, 4.69) is 10.5 Å². The molecular weight excluding hydrogens is 368 g/mol. The minimum absolute atomic E-state index is 0.0842. The second-order valence-electron chi connectivity index (χ2n) is 7.77. The number of hydrogen-bond donors (Lipinski definition) is 2. The number of aliphatic hydroxyl groups is 1. The molecule has 0 aromatic heterocycles. The van der Waals surface area contributed by atoms with Crippen molar-refractivity contribution < 1.29 is 19.5 Å². The highest BCUT2D eigenvalue weighted by atomic mass is 16.6. The first-order chi connectivity index (χ1) is 13.8. The number of para-hydroxylation sites is 1. The topological polar surface area (TPSA) is 80.2 Å². The molecular formula is C23H30N2O4. The van der Waals surface area contributed by atoms with Gasteiger partial charge in [0.15, 0.2) is 0 Å². The van der Waals surface area contributed by atoms with Gasteiger partial charge in [0, 0.05) is 30.8 Å². The van der Waals surface area contributed by atoms with E-state index in [4.69, 9.17) is 14.7 Å². The zero-order chi connectivity index (χ0) is 21.3. The summed E-state index contributed by atoms with van der Waals surface area (Å²) in [6.07, 6.45) is 0.553. The van der Waals surface area contributed by atoms with Gasteiger partial charge >= 0.3 is 5.97 Å². The lowest BCUT2D eigenvalue weighted by Crippen LogP contribution is -2.25. The number of aliphatic hydroxyl groups excluding tert-OH is 1. The normalized spacial score (nSPS) is 11.8. The van der Waals surface area contributed by atoms with Crippen molar-refractivity contribution in [2.24, 2.45) is 10.6 Å². The standard InChI is InChI=1S/C23H30N2O4/c1-17(25-28-15-7-14-26)20-8-5-6-9-21(20)24-16-18-10-12-19(13-11-18)29-22(27)23(2,3)4/h5-6,8-13,24,26H,7,14-16H2,1-4H3/b25-17+. The molecule has 0 aliphatic rings. The summed E-state index contributed by atoms with van der Waals surface area (Å²) in [5.74, 6) is 0.283. The van der Waals surface area contributed by atoms with Gasteiger partial charge in [-0.15, -0.1) is 0 Å². The van der Waals surface area contributed by atoms with Gasteiger partial charge in [0.25, 0.3) is 0 Å². The van der Waals surface area contributed by atoms with E-state index in [1.54, 1.807) is 12.1 Å². The predicted molar refractivity (Wildman–Crippen MR) is 115 cm³/mol. The Morgan fingerprint density at radius 1 is 1.10 bits per heavy atom. The molecule has 0 heterocycles. The highest BCUT2D eigenvalue weighted by Crippen LogP contribution is 2.21. The van der Waals surface area contributed by atoms with Gasteiger partial charge in [0.05, 0.1) is 11.1 Å². The fourth-order valence-electron chi connectivity index (χ4n) is 2.41. The first-order valence-corrected chi connectivity index (χ1v) is 9.73. The van der Waals surface area contributed by atoms with Crippen molar-refractivity contribution in [3.63, 3.8) is 0 Å². The SMILES string of the molecule is C/C(=N\OCCCO)c1ccccc1NCc1ccc(OC(=O)C(C)(C)C)cc1. The van der Waals surface area contributed by atoms with E-state index in [0.717, 1.165) is 22.5 Å². The highest BCUT2D eigenvalue weighted by Gasteiger charge is 2.23. The lowest BCUT2D eigenvalue weighted by atomic mass is 9.97. The van der Waals surface area contributed by atoms with Crippen molar-refractivity contribution in [2.45, 2.75) is 40.7 Å². The number of hydrogen-bond acceptors (Lipinski definition) is 6. The summed E-state index contributed by atoms with van der Waals surface area (Å²) in [7, 11) is 0. The first kappa shape index (κ1) is 22.4. The van der Waals surface area contributed by atoms with E-state index in [0.29, 0.717) is 25.3 Å². The van der Waals surface area contributed by atoms with Crippen molar-refractivity contribution in [1.82, 2.24) is 0 Å². The molecule has 0 radical (unpaired) electrons. The molecule has 2 aromatic carbocycles. The predicted octanol–water partition coefficient (Wildman–Crippen LogP) is 4.37.